The maximum Gasteiger partial charge on any atom is 0.132 e. The number of halogens is 1. The predicted molar refractivity (Wildman–Crippen MR) is 116 cm³/mol. The molecule has 1 heterocycles. The van der Waals surface area contributed by atoms with Gasteiger partial charge in [-0.25, -0.2) is 4.98 Å². The van der Waals surface area contributed by atoms with Crippen LogP contribution in [0.25, 0.3) is 6.08 Å². The minimum absolute atomic E-state index is 0. The van der Waals surface area contributed by atoms with E-state index in [9.17, 15) is 0 Å². The van der Waals surface area contributed by atoms with Crippen molar-refractivity contribution in [2.75, 3.05) is 6.61 Å². The number of unbranched alkanes of at least 4 members (excludes halogenated alkanes) is 13. The highest BCUT2D eigenvalue weighted by Crippen LogP contribution is 2.13. The summed E-state index contributed by atoms with van der Waals surface area (Å²) in [5, 5.41) is 8.99. The smallest absolute Gasteiger partial charge is 0.132 e. The summed E-state index contributed by atoms with van der Waals surface area (Å²) in [5.74, 6) is 0.948. The minimum Gasteiger partial charge on any atom is -0.395 e. The molecule has 0 saturated heterocycles. The number of aliphatic hydroxyl groups is 1. The van der Waals surface area contributed by atoms with Crippen LogP contribution in [0, 0.1) is 0 Å². The predicted octanol–water partition coefficient (Wildman–Crippen LogP) is 6.79. The zero-order valence-corrected chi connectivity index (χ0v) is 17.7. The van der Waals surface area contributed by atoms with Crippen molar-refractivity contribution < 1.29 is 5.11 Å². The van der Waals surface area contributed by atoms with Gasteiger partial charge in [0.25, 0.3) is 0 Å². The lowest BCUT2D eigenvalue weighted by molar-refractivity contribution is 0.275. The molecule has 152 valence electrons. The first-order valence-corrected chi connectivity index (χ1v) is 10.7. The molecule has 1 aromatic heterocycles. The molecule has 1 rings (SSSR count). The van der Waals surface area contributed by atoms with Crippen LogP contribution in [0.1, 0.15) is 103 Å². The summed E-state index contributed by atoms with van der Waals surface area (Å²) >= 11 is 0. The molecule has 0 radical (unpaired) electrons. The summed E-state index contributed by atoms with van der Waals surface area (Å²) in [6, 6.07) is 0. The molecule has 0 saturated carbocycles. The molecule has 0 aliphatic carbocycles. The van der Waals surface area contributed by atoms with E-state index in [0.29, 0.717) is 6.54 Å². The number of hydrogen-bond donors (Lipinski definition) is 1. The van der Waals surface area contributed by atoms with E-state index in [1.54, 1.807) is 6.20 Å². The van der Waals surface area contributed by atoms with Crippen molar-refractivity contribution in [3.63, 3.8) is 0 Å². The van der Waals surface area contributed by atoms with Gasteiger partial charge in [-0.15, -0.1) is 12.4 Å². The topological polar surface area (TPSA) is 38.0 Å². The second-order valence-corrected chi connectivity index (χ2v) is 7.14. The third-order valence-electron chi connectivity index (χ3n) is 4.83. The molecule has 0 unspecified atom stereocenters. The molecule has 0 fully saturated rings. The lowest BCUT2D eigenvalue weighted by Gasteiger charge is -2.03. The van der Waals surface area contributed by atoms with Crippen molar-refractivity contribution in [1.82, 2.24) is 9.55 Å². The van der Waals surface area contributed by atoms with Crippen molar-refractivity contribution in [3.8, 4) is 0 Å². The zero-order valence-electron chi connectivity index (χ0n) is 16.9. The number of aromatic nitrogens is 2. The number of aliphatic hydroxyl groups excluding tert-OH is 1. The van der Waals surface area contributed by atoms with E-state index in [1.807, 2.05) is 10.8 Å². The Morgan fingerprint density at radius 1 is 0.885 bits per heavy atom. The van der Waals surface area contributed by atoms with E-state index < -0.39 is 0 Å². The van der Waals surface area contributed by atoms with Gasteiger partial charge in [0.15, 0.2) is 0 Å². The summed E-state index contributed by atoms with van der Waals surface area (Å²) in [7, 11) is 0. The van der Waals surface area contributed by atoms with E-state index in [-0.39, 0.29) is 19.0 Å². The molecule has 0 atom stereocenters. The Morgan fingerprint density at radius 3 is 1.96 bits per heavy atom. The van der Waals surface area contributed by atoms with E-state index in [4.69, 9.17) is 5.11 Å². The Bertz CT molecular complexity index is 432. The monoisotopic (exact) mass is 384 g/mol. The Labute approximate surface area is 167 Å². The number of hydrogen-bond acceptors (Lipinski definition) is 2. The largest absolute Gasteiger partial charge is 0.395 e. The molecule has 0 bridgehead atoms. The van der Waals surface area contributed by atoms with Crippen molar-refractivity contribution in [1.29, 1.82) is 0 Å². The standard InChI is InChI=1S/C22H40N2O.ClH/c1-2-3-4-5-6-7-8-9-10-11-12-13-14-15-16-17-22-23-18-19-24(22)20-21-25;/h16-19,25H,2-15,20-21H2,1H3;1H. The van der Waals surface area contributed by atoms with Crippen LogP contribution in [0.3, 0.4) is 0 Å². The normalized spacial score (nSPS) is 11.2. The SMILES string of the molecule is CCCCCCCCCCCCCCCC=Cc1nccn1CCO.Cl. The van der Waals surface area contributed by atoms with Gasteiger partial charge in [0, 0.05) is 18.9 Å². The highest BCUT2D eigenvalue weighted by Gasteiger charge is 1.97. The molecule has 26 heavy (non-hydrogen) atoms. The van der Waals surface area contributed by atoms with Crippen molar-refractivity contribution in [2.24, 2.45) is 0 Å². The van der Waals surface area contributed by atoms with Crippen LogP contribution in [0.5, 0.6) is 0 Å². The summed E-state index contributed by atoms with van der Waals surface area (Å²) in [4.78, 5) is 4.30. The molecule has 0 aromatic carbocycles. The average molecular weight is 385 g/mol. The fraction of sp³-hybridized carbons (Fsp3) is 0.773. The van der Waals surface area contributed by atoms with Gasteiger partial charge in [-0.3, -0.25) is 0 Å². The molecule has 0 aliphatic heterocycles. The highest BCUT2D eigenvalue weighted by atomic mass is 35.5. The van der Waals surface area contributed by atoms with Crippen molar-refractivity contribution in [3.05, 3.63) is 24.3 Å². The van der Waals surface area contributed by atoms with Gasteiger partial charge >= 0.3 is 0 Å². The maximum absolute atomic E-state index is 8.99. The van der Waals surface area contributed by atoms with Gasteiger partial charge in [-0.2, -0.15) is 0 Å². The van der Waals surface area contributed by atoms with E-state index in [0.717, 1.165) is 12.2 Å². The van der Waals surface area contributed by atoms with Gasteiger partial charge < -0.3 is 9.67 Å². The van der Waals surface area contributed by atoms with Crippen LogP contribution >= 0.6 is 12.4 Å². The fourth-order valence-corrected chi connectivity index (χ4v) is 3.24. The summed E-state index contributed by atoms with van der Waals surface area (Å²) in [6.07, 6.45) is 27.4. The molecular weight excluding hydrogens is 344 g/mol. The number of rotatable bonds is 17. The lowest BCUT2D eigenvalue weighted by atomic mass is 10.0. The quantitative estimate of drug-likeness (QED) is 0.300. The second kappa shape index (κ2) is 19.0. The van der Waals surface area contributed by atoms with E-state index in [2.05, 4.69) is 24.1 Å². The summed E-state index contributed by atoms with van der Waals surface area (Å²) < 4.78 is 1.99. The summed E-state index contributed by atoms with van der Waals surface area (Å²) in [5.41, 5.74) is 0. The molecule has 1 aromatic rings. The first-order chi connectivity index (χ1) is 12.4. The van der Waals surface area contributed by atoms with Gasteiger partial charge in [0.2, 0.25) is 0 Å². The molecule has 3 nitrogen and oxygen atoms in total. The molecular formula is C22H41ClN2O. The maximum atomic E-state index is 8.99. The summed E-state index contributed by atoms with van der Waals surface area (Å²) in [6.45, 7) is 3.07. The zero-order chi connectivity index (χ0) is 18.0. The van der Waals surface area contributed by atoms with Crippen molar-refractivity contribution in [2.45, 2.75) is 103 Å². The molecule has 4 heteroatoms. The number of allylic oxidation sites excluding steroid dienone is 1. The van der Waals surface area contributed by atoms with Crippen LogP contribution < -0.4 is 0 Å². The van der Waals surface area contributed by atoms with Crippen LogP contribution in [0.15, 0.2) is 18.5 Å². The van der Waals surface area contributed by atoms with Gasteiger partial charge in [-0.1, -0.05) is 90.0 Å². The first-order valence-electron chi connectivity index (χ1n) is 10.7. The van der Waals surface area contributed by atoms with Gasteiger partial charge in [0.05, 0.1) is 6.61 Å². The van der Waals surface area contributed by atoms with E-state index in [1.165, 1.54) is 83.5 Å². The molecule has 0 amide bonds. The second-order valence-electron chi connectivity index (χ2n) is 7.14. The Hall–Kier alpha value is -0.800. The minimum atomic E-state index is 0. The third-order valence-corrected chi connectivity index (χ3v) is 4.83. The Morgan fingerprint density at radius 2 is 1.42 bits per heavy atom. The molecule has 0 aliphatic rings. The van der Waals surface area contributed by atoms with E-state index >= 15 is 0 Å². The average Bonchev–Trinajstić information content (AvgIpc) is 3.06. The fourth-order valence-electron chi connectivity index (χ4n) is 3.24. The number of nitrogens with zero attached hydrogens (tertiary/aromatic N) is 2. The Balaban J connectivity index is 0.00000625. The van der Waals surface area contributed by atoms with Crippen LogP contribution in [0.4, 0.5) is 0 Å². The highest BCUT2D eigenvalue weighted by molar-refractivity contribution is 5.85. The van der Waals surface area contributed by atoms with Gasteiger partial charge in [0.1, 0.15) is 5.82 Å². The molecule has 1 N–H and O–H groups in total. The van der Waals surface area contributed by atoms with Crippen LogP contribution in [-0.2, 0) is 6.54 Å². The third kappa shape index (κ3) is 13.4. The Kier molecular flexibility index (Phi) is 18.4. The molecule has 0 spiro atoms. The lowest BCUT2D eigenvalue weighted by Crippen LogP contribution is -2.02. The van der Waals surface area contributed by atoms with Gasteiger partial charge in [-0.05, 0) is 18.9 Å². The van der Waals surface area contributed by atoms with Crippen LogP contribution in [-0.4, -0.2) is 21.3 Å². The number of imidazole rings is 1. The van der Waals surface area contributed by atoms with Crippen molar-refractivity contribution >= 4 is 18.5 Å². The first kappa shape index (κ1) is 25.2. The van der Waals surface area contributed by atoms with Crippen LogP contribution in [0.2, 0.25) is 0 Å².